The predicted molar refractivity (Wildman–Crippen MR) is 112 cm³/mol. The third-order valence-corrected chi connectivity index (χ3v) is 6.21. The van der Waals surface area contributed by atoms with E-state index in [1.807, 2.05) is 0 Å². The van der Waals surface area contributed by atoms with Crippen molar-refractivity contribution in [3.63, 3.8) is 0 Å². The summed E-state index contributed by atoms with van der Waals surface area (Å²) < 4.78 is 5.52. The van der Waals surface area contributed by atoms with Gasteiger partial charge in [0.2, 0.25) is 5.91 Å². The molecule has 2 aliphatic heterocycles. The van der Waals surface area contributed by atoms with Crippen molar-refractivity contribution in [1.82, 2.24) is 15.5 Å². The molecule has 166 valence electrons. The van der Waals surface area contributed by atoms with Gasteiger partial charge in [-0.3, -0.25) is 19.3 Å². The van der Waals surface area contributed by atoms with Gasteiger partial charge in [-0.25, -0.2) is 4.79 Å². The summed E-state index contributed by atoms with van der Waals surface area (Å²) in [7, 11) is 0. The van der Waals surface area contributed by atoms with Crippen LogP contribution in [-0.4, -0.2) is 60.0 Å². The number of imide groups is 1. The number of carbonyl (C=O) groups excluding carboxylic acids is 4. The van der Waals surface area contributed by atoms with Gasteiger partial charge in [-0.2, -0.15) is 0 Å². The molecule has 1 saturated carbocycles. The Bertz CT molecular complexity index is 874. The Morgan fingerprint density at radius 2 is 1.90 bits per heavy atom. The van der Waals surface area contributed by atoms with E-state index in [4.69, 9.17) is 4.74 Å². The van der Waals surface area contributed by atoms with Crippen LogP contribution < -0.4 is 16.0 Å². The van der Waals surface area contributed by atoms with E-state index < -0.39 is 24.0 Å². The quantitative estimate of drug-likeness (QED) is 0.597. The maximum Gasteiger partial charge on any atom is 0.325 e. The number of benzene rings is 1. The van der Waals surface area contributed by atoms with Crippen molar-refractivity contribution >= 4 is 29.4 Å². The first-order chi connectivity index (χ1) is 15.0. The van der Waals surface area contributed by atoms with Crippen molar-refractivity contribution in [2.75, 3.05) is 25.0 Å². The zero-order chi connectivity index (χ0) is 21.8. The Balaban J connectivity index is 1.38. The van der Waals surface area contributed by atoms with Crippen LogP contribution in [0.15, 0.2) is 24.3 Å². The molecule has 9 heteroatoms. The highest BCUT2D eigenvalue weighted by molar-refractivity contribution is 6.11. The summed E-state index contributed by atoms with van der Waals surface area (Å²) in [6, 6.07) is 6.11. The molecule has 9 nitrogen and oxygen atoms in total. The van der Waals surface area contributed by atoms with Gasteiger partial charge in [0.25, 0.3) is 11.8 Å². The van der Waals surface area contributed by atoms with Gasteiger partial charge >= 0.3 is 6.03 Å². The summed E-state index contributed by atoms with van der Waals surface area (Å²) in [4.78, 5) is 51.4. The lowest BCUT2D eigenvalue weighted by Gasteiger charge is -2.30. The number of anilines is 1. The van der Waals surface area contributed by atoms with Gasteiger partial charge in [0.1, 0.15) is 12.1 Å². The van der Waals surface area contributed by atoms with Gasteiger partial charge in [-0.1, -0.05) is 31.4 Å². The van der Waals surface area contributed by atoms with Crippen molar-refractivity contribution in [1.29, 1.82) is 0 Å². The minimum Gasteiger partial charge on any atom is -0.376 e. The molecular weight excluding hydrogens is 400 g/mol. The van der Waals surface area contributed by atoms with Crippen molar-refractivity contribution in [3.05, 3.63) is 29.8 Å². The fourth-order valence-corrected chi connectivity index (χ4v) is 4.54. The van der Waals surface area contributed by atoms with Crippen LogP contribution in [0.2, 0.25) is 0 Å². The fraction of sp³-hybridized carbons (Fsp3) is 0.545. The molecule has 1 atom stereocenters. The average molecular weight is 428 g/mol. The number of hydrogen-bond acceptors (Lipinski definition) is 5. The van der Waals surface area contributed by atoms with Crippen LogP contribution in [0.4, 0.5) is 10.5 Å². The Morgan fingerprint density at radius 3 is 2.65 bits per heavy atom. The van der Waals surface area contributed by atoms with Crippen LogP contribution in [0.5, 0.6) is 0 Å². The molecule has 3 aliphatic rings. The smallest absolute Gasteiger partial charge is 0.325 e. The summed E-state index contributed by atoms with van der Waals surface area (Å²) in [5.41, 5.74) is -0.220. The minimum atomic E-state index is -0.865. The summed E-state index contributed by atoms with van der Waals surface area (Å²) in [5.74, 6) is -1.19. The number of hydrogen-bond donors (Lipinski definition) is 3. The molecule has 1 aromatic rings. The zero-order valence-corrected chi connectivity index (χ0v) is 17.4. The van der Waals surface area contributed by atoms with Gasteiger partial charge < -0.3 is 20.7 Å². The van der Waals surface area contributed by atoms with E-state index in [2.05, 4.69) is 16.0 Å². The van der Waals surface area contributed by atoms with Crippen LogP contribution in [0, 0.1) is 0 Å². The lowest BCUT2D eigenvalue weighted by atomic mass is 9.82. The molecule has 1 aliphatic carbocycles. The van der Waals surface area contributed by atoms with E-state index >= 15 is 0 Å². The van der Waals surface area contributed by atoms with E-state index in [-0.39, 0.29) is 17.9 Å². The number of urea groups is 1. The molecule has 3 fully saturated rings. The second kappa shape index (κ2) is 9.05. The van der Waals surface area contributed by atoms with Crippen LogP contribution in [-0.2, 0) is 14.3 Å². The summed E-state index contributed by atoms with van der Waals surface area (Å²) >= 11 is 0. The van der Waals surface area contributed by atoms with Gasteiger partial charge in [-0.05, 0) is 37.8 Å². The van der Waals surface area contributed by atoms with Crippen molar-refractivity contribution in [2.45, 2.75) is 56.6 Å². The molecule has 3 N–H and O–H groups in total. The summed E-state index contributed by atoms with van der Waals surface area (Å²) in [6.45, 7) is 0.723. The first-order valence-electron chi connectivity index (χ1n) is 10.9. The van der Waals surface area contributed by atoms with Crippen molar-refractivity contribution in [3.8, 4) is 0 Å². The molecule has 1 spiro atoms. The zero-order valence-electron chi connectivity index (χ0n) is 17.4. The van der Waals surface area contributed by atoms with Crippen LogP contribution in [0.1, 0.15) is 55.3 Å². The molecule has 0 bridgehead atoms. The molecule has 0 radical (unpaired) electrons. The molecule has 2 heterocycles. The topological polar surface area (TPSA) is 117 Å². The number of ether oxygens (including phenoxy) is 1. The highest BCUT2D eigenvalue weighted by Gasteiger charge is 2.51. The summed E-state index contributed by atoms with van der Waals surface area (Å²) in [6.07, 6.45) is 5.89. The first kappa shape index (κ1) is 21.3. The lowest BCUT2D eigenvalue weighted by molar-refractivity contribution is -0.134. The standard InChI is InChI=1S/C22H28N4O5/c27-18(14-26-20(29)22(25-21(26)30)10-4-1-5-11-22)24-17-9-3-2-8-16(17)19(28)23-13-15-7-6-12-31-15/h2-3,8-9,15H,1,4-7,10-14H2,(H,23,28)(H,24,27)(H,25,30). The number of para-hydroxylation sites is 1. The molecule has 1 aromatic carbocycles. The fourth-order valence-electron chi connectivity index (χ4n) is 4.54. The number of rotatable bonds is 6. The normalized spacial score (nSPS) is 22.5. The van der Waals surface area contributed by atoms with E-state index in [9.17, 15) is 19.2 Å². The Morgan fingerprint density at radius 1 is 1.13 bits per heavy atom. The molecule has 4 rings (SSSR count). The van der Waals surface area contributed by atoms with Gasteiger partial charge in [0, 0.05) is 13.2 Å². The van der Waals surface area contributed by atoms with E-state index in [1.54, 1.807) is 24.3 Å². The SMILES string of the molecule is O=C(CN1C(=O)NC2(CCCCC2)C1=O)Nc1ccccc1C(=O)NCC1CCCO1. The Kier molecular flexibility index (Phi) is 6.22. The highest BCUT2D eigenvalue weighted by atomic mass is 16.5. The maximum absolute atomic E-state index is 12.9. The van der Waals surface area contributed by atoms with Crippen LogP contribution in [0.25, 0.3) is 0 Å². The third-order valence-electron chi connectivity index (χ3n) is 6.21. The monoisotopic (exact) mass is 428 g/mol. The third kappa shape index (κ3) is 4.56. The second-order valence-corrected chi connectivity index (χ2v) is 8.40. The molecule has 5 amide bonds. The number of nitrogens with zero attached hydrogens (tertiary/aromatic N) is 1. The lowest BCUT2D eigenvalue weighted by Crippen LogP contribution is -2.48. The van der Waals surface area contributed by atoms with Crippen molar-refractivity contribution < 1.29 is 23.9 Å². The van der Waals surface area contributed by atoms with E-state index in [1.165, 1.54) is 0 Å². The molecular formula is C22H28N4O5. The van der Waals surface area contributed by atoms with E-state index in [0.717, 1.165) is 37.0 Å². The second-order valence-electron chi connectivity index (χ2n) is 8.40. The minimum absolute atomic E-state index is 0.0116. The molecule has 0 aromatic heterocycles. The Hall–Kier alpha value is -2.94. The van der Waals surface area contributed by atoms with Gasteiger partial charge in [-0.15, -0.1) is 0 Å². The predicted octanol–water partition coefficient (Wildman–Crippen LogP) is 1.79. The number of amides is 5. The van der Waals surface area contributed by atoms with Gasteiger partial charge in [0.15, 0.2) is 0 Å². The first-order valence-corrected chi connectivity index (χ1v) is 10.9. The molecule has 31 heavy (non-hydrogen) atoms. The van der Waals surface area contributed by atoms with E-state index in [0.29, 0.717) is 37.2 Å². The van der Waals surface area contributed by atoms with Crippen LogP contribution >= 0.6 is 0 Å². The summed E-state index contributed by atoms with van der Waals surface area (Å²) in [5, 5.41) is 8.30. The van der Waals surface area contributed by atoms with Crippen LogP contribution in [0.3, 0.4) is 0 Å². The van der Waals surface area contributed by atoms with Crippen molar-refractivity contribution in [2.24, 2.45) is 0 Å². The number of carbonyl (C=O) groups is 4. The highest BCUT2D eigenvalue weighted by Crippen LogP contribution is 2.33. The van der Waals surface area contributed by atoms with Gasteiger partial charge in [0.05, 0.1) is 17.4 Å². The maximum atomic E-state index is 12.9. The largest absolute Gasteiger partial charge is 0.376 e. The average Bonchev–Trinajstić information content (AvgIpc) is 3.36. The number of nitrogens with one attached hydrogen (secondary N) is 3. The molecule has 1 unspecified atom stereocenters. The molecule has 2 saturated heterocycles. The Labute approximate surface area is 180 Å².